The minimum atomic E-state index is 0.00302. The fourth-order valence-corrected chi connectivity index (χ4v) is 2.97. The molecule has 0 saturated carbocycles. The zero-order valence-electron chi connectivity index (χ0n) is 10.5. The average molecular weight is 249 g/mol. The highest BCUT2D eigenvalue weighted by Gasteiger charge is 2.31. The Morgan fingerprint density at radius 3 is 2.83 bits per heavy atom. The average Bonchev–Trinajstić information content (AvgIpc) is 3.10. The molecule has 18 heavy (non-hydrogen) atoms. The number of piperidine rings is 1. The van der Waals surface area contributed by atoms with Gasteiger partial charge in [0, 0.05) is 19.1 Å². The van der Waals surface area contributed by atoms with E-state index in [0.29, 0.717) is 11.7 Å². The van der Waals surface area contributed by atoms with Gasteiger partial charge in [0.1, 0.15) is 0 Å². The van der Waals surface area contributed by atoms with E-state index in [9.17, 15) is 4.79 Å². The number of nitrogens with one attached hydrogen (secondary N) is 1. The van der Waals surface area contributed by atoms with Crippen molar-refractivity contribution in [2.24, 2.45) is 0 Å². The summed E-state index contributed by atoms with van der Waals surface area (Å²) >= 11 is 0. The molecule has 2 saturated heterocycles. The van der Waals surface area contributed by atoms with Crippen LogP contribution in [0.2, 0.25) is 0 Å². The van der Waals surface area contributed by atoms with Crippen molar-refractivity contribution >= 4 is 5.91 Å². The monoisotopic (exact) mass is 249 g/mol. The standard InChI is InChI=1S/C12H19N5O/c18-12(11-8-13-15-14-11)17-7-4-10(9-17)16-5-2-1-3-6-16/h8,10H,1-7,9H2,(H,13,14,15). The van der Waals surface area contributed by atoms with Crippen LogP contribution >= 0.6 is 0 Å². The Morgan fingerprint density at radius 1 is 1.28 bits per heavy atom. The molecule has 1 aromatic rings. The third-order valence-corrected chi connectivity index (χ3v) is 3.99. The van der Waals surface area contributed by atoms with Gasteiger partial charge in [0.15, 0.2) is 5.69 Å². The molecule has 0 radical (unpaired) electrons. The summed E-state index contributed by atoms with van der Waals surface area (Å²) in [5, 5.41) is 10.0. The third-order valence-electron chi connectivity index (χ3n) is 3.99. The minimum absolute atomic E-state index is 0.00302. The highest BCUT2D eigenvalue weighted by atomic mass is 16.2. The molecule has 1 aromatic heterocycles. The molecule has 98 valence electrons. The number of likely N-dealkylation sites (tertiary alicyclic amines) is 2. The maximum Gasteiger partial charge on any atom is 0.276 e. The lowest BCUT2D eigenvalue weighted by Gasteiger charge is -2.32. The predicted octanol–water partition coefficient (Wildman–Crippen LogP) is 0.505. The van der Waals surface area contributed by atoms with Gasteiger partial charge in [0.05, 0.1) is 6.20 Å². The first-order valence-corrected chi connectivity index (χ1v) is 6.74. The molecule has 0 bridgehead atoms. The lowest BCUT2D eigenvalue weighted by molar-refractivity contribution is 0.0765. The zero-order chi connectivity index (χ0) is 12.4. The highest BCUT2D eigenvalue weighted by molar-refractivity contribution is 5.92. The summed E-state index contributed by atoms with van der Waals surface area (Å²) < 4.78 is 0. The molecule has 3 rings (SSSR count). The number of rotatable bonds is 2. The fraction of sp³-hybridized carbons (Fsp3) is 0.750. The lowest BCUT2D eigenvalue weighted by Crippen LogP contribution is -2.41. The van der Waals surface area contributed by atoms with Gasteiger partial charge in [0.2, 0.25) is 0 Å². The molecule has 0 aromatic carbocycles. The molecule has 2 fully saturated rings. The van der Waals surface area contributed by atoms with Gasteiger partial charge in [-0.25, -0.2) is 0 Å². The first kappa shape index (κ1) is 11.6. The van der Waals surface area contributed by atoms with Crippen LogP contribution in [0.25, 0.3) is 0 Å². The second-order valence-corrected chi connectivity index (χ2v) is 5.15. The van der Waals surface area contributed by atoms with Crippen molar-refractivity contribution in [3.05, 3.63) is 11.9 Å². The van der Waals surface area contributed by atoms with Crippen LogP contribution in [0.3, 0.4) is 0 Å². The van der Waals surface area contributed by atoms with Gasteiger partial charge < -0.3 is 4.90 Å². The second-order valence-electron chi connectivity index (χ2n) is 5.15. The number of amides is 1. The first-order chi connectivity index (χ1) is 8.84. The summed E-state index contributed by atoms with van der Waals surface area (Å²) in [6.45, 7) is 4.06. The Bertz CT molecular complexity index is 399. The number of aromatic nitrogens is 3. The van der Waals surface area contributed by atoms with Gasteiger partial charge in [0.25, 0.3) is 5.91 Å². The second kappa shape index (κ2) is 5.06. The van der Waals surface area contributed by atoms with E-state index in [0.717, 1.165) is 19.5 Å². The first-order valence-electron chi connectivity index (χ1n) is 6.74. The molecular weight excluding hydrogens is 230 g/mol. The van der Waals surface area contributed by atoms with Crippen molar-refractivity contribution in [3.8, 4) is 0 Å². The van der Waals surface area contributed by atoms with E-state index in [1.54, 1.807) is 0 Å². The van der Waals surface area contributed by atoms with Crippen molar-refractivity contribution in [2.45, 2.75) is 31.7 Å². The third kappa shape index (κ3) is 2.25. The molecule has 1 unspecified atom stereocenters. The molecule has 2 aliphatic rings. The van der Waals surface area contributed by atoms with E-state index < -0.39 is 0 Å². The molecule has 0 spiro atoms. The van der Waals surface area contributed by atoms with Crippen molar-refractivity contribution in [1.82, 2.24) is 25.2 Å². The van der Waals surface area contributed by atoms with Gasteiger partial charge >= 0.3 is 0 Å². The Hall–Kier alpha value is -1.43. The summed E-state index contributed by atoms with van der Waals surface area (Å²) in [6.07, 6.45) is 6.53. The fourth-order valence-electron chi connectivity index (χ4n) is 2.97. The van der Waals surface area contributed by atoms with Crippen molar-refractivity contribution in [1.29, 1.82) is 0 Å². The summed E-state index contributed by atoms with van der Waals surface area (Å²) in [6, 6.07) is 0.543. The van der Waals surface area contributed by atoms with E-state index in [4.69, 9.17) is 0 Å². The molecule has 0 aliphatic carbocycles. The van der Waals surface area contributed by atoms with E-state index in [1.807, 2.05) is 4.90 Å². The molecule has 2 aliphatic heterocycles. The maximum atomic E-state index is 12.1. The van der Waals surface area contributed by atoms with Crippen LogP contribution in [0, 0.1) is 0 Å². The quantitative estimate of drug-likeness (QED) is 0.829. The van der Waals surface area contributed by atoms with E-state index in [1.165, 1.54) is 38.5 Å². The van der Waals surface area contributed by atoms with Gasteiger partial charge in [-0.15, -0.1) is 0 Å². The Balaban J connectivity index is 1.59. The van der Waals surface area contributed by atoms with Gasteiger partial charge in [-0.3, -0.25) is 9.69 Å². The number of H-pyrrole nitrogens is 1. The number of nitrogens with zero attached hydrogens (tertiary/aromatic N) is 4. The smallest absolute Gasteiger partial charge is 0.276 e. The van der Waals surface area contributed by atoms with Crippen molar-refractivity contribution in [2.75, 3.05) is 26.2 Å². The van der Waals surface area contributed by atoms with Crippen LogP contribution in [0.1, 0.15) is 36.2 Å². The van der Waals surface area contributed by atoms with Gasteiger partial charge in [-0.1, -0.05) is 6.42 Å². The molecule has 1 N–H and O–H groups in total. The Labute approximate surface area is 106 Å². The van der Waals surface area contributed by atoms with Crippen LogP contribution in [0.15, 0.2) is 6.20 Å². The largest absolute Gasteiger partial charge is 0.336 e. The van der Waals surface area contributed by atoms with Crippen LogP contribution in [-0.4, -0.2) is 63.3 Å². The number of carbonyl (C=O) groups is 1. The number of carbonyl (C=O) groups excluding carboxylic acids is 1. The Morgan fingerprint density at radius 2 is 2.11 bits per heavy atom. The number of hydrogen-bond acceptors (Lipinski definition) is 4. The SMILES string of the molecule is O=C(c1cn[nH]n1)N1CCC(N2CCCCC2)C1. The van der Waals surface area contributed by atoms with E-state index in [-0.39, 0.29) is 5.91 Å². The lowest BCUT2D eigenvalue weighted by atomic mass is 10.1. The molecule has 3 heterocycles. The maximum absolute atomic E-state index is 12.1. The topological polar surface area (TPSA) is 65.1 Å². The van der Waals surface area contributed by atoms with Gasteiger partial charge in [-0.05, 0) is 32.4 Å². The summed E-state index contributed by atoms with van der Waals surface area (Å²) in [5.74, 6) is 0.00302. The van der Waals surface area contributed by atoms with Crippen LogP contribution in [-0.2, 0) is 0 Å². The number of aromatic amines is 1. The molecule has 6 heteroatoms. The molecule has 1 amide bonds. The Kier molecular flexibility index (Phi) is 3.27. The molecule has 6 nitrogen and oxygen atoms in total. The molecular formula is C12H19N5O. The van der Waals surface area contributed by atoms with Crippen LogP contribution in [0.5, 0.6) is 0 Å². The summed E-state index contributed by atoms with van der Waals surface area (Å²) in [5.41, 5.74) is 0.425. The predicted molar refractivity (Wildman–Crippen MR) is 66.1 cm³/mol. The normalized spacial score (nSPS) is 25.6. The van der Waals surface area contributed by atoms with E-state index >= 15 is 0 Å². The summed E-state index contributed by atoms with van der Waals surface area (Å²) in [4.78, 5) is 16.6. The van der Waals surface area contributed by atoms with Crippen molar-refractivity contribution in [3.63, 3.8) is 0 Å². The highest BCUT2D eigenvalue weighted by Crippen LogP contribution is 2.21. The van der Waals surface area contributed by atoms with Crippen LogP contribution < -0.4 is 0 Å². The van der Waals surface area contributed by atoms with Gasteiger partial charge in [-0.2, -0.15) is 15.4 Å². The summed E-state index contributed by atoms with van der Waals surface area (Å²) in [7, 11) is 0. The zero-order valence-corrected chi connectivity index (χ0v) is 10.5. The van der Waals surface area contributed by atoms with Crippen LogP contribution in [0.4, 0.5) is 0 Å². The minimum Gasteiger partial charge on any atom is -0.336 e. The van der Waals surface area contributed by atoms with E-state index in [2.05, 4.69) is 20.3 Å². The molecule has 1 atom stereocenters. The van der Waals surface area contributed by atoms with Crippen molar-refractivity contribution < 1.29 is 4.79 Å². The number of hydrogen-bond donors (Lipinski definition) is 1.